The first-order chi connectivity index (χ1) is 9.92. The Bertz CT molecular complexity index is 657. The van der Waals surface area contributed by atoms with Crippen molar-refractivity contribution in [2.75, 3.05) is 0 Å². The van der Waals surface area contributed by atoms with Crippen LogP contribution in [0.4, 0.5) is 0 Å². The normalized spacial score (nSPS) is 11.0. The van der Waals surface area contributed by atoms with Gasteiger partial charge in [-0.1, -0.05) is 25.4 Å². The van der Waals surface area contributed by atoms with Gasteiger partial charge in [0.25, 0.3) is 0 Å². The van der Waals surface area contributed by atoms with Gasteiger partial charge in [-0.05, 0) is 43.0 Å². The van der Waals surface area contributed by atoms with E-state index in [0.717, 1.165) is 33.2 Å². The molecule has 0 spiro atoms. The zero-order chi connectivity index (χ0) is 15.6. The molecule has 21 heavy (non-hydrogen) atoms. The molecule has 1 heterocycles. The summed E-state index contributed by atoms with van der Waals surface area (Å²) < 4.78 is 5.81. The number of nitrogens with zero attached hydrogens (tertiary/aromatic N) is 2. The third-order valence-corrected chi connectivity index (χ3v) is 3.94. The van der Waals surface area contributed by atoms with Crippen molar-refractivity contribution in [2.24, 2.45) is 0 Å². The number of ether oxygens (including phenoxy) is 1. The molecule has 2 rings (SSSR count). The summed E-state index contributed by atoms with van der Waals surface area (Å²) in [5.41, 5.74) is 3.73. The van der Waals surface area contributed by atoms with Crippen LogP contribution >= 0.6 is 23.2 Å². The fourth-order valence-corrected chi connectivity index (χ4v) is 2.67. The Labute approximate surface area is 135 Å². The maximum absolute atomic E-state index is 6.26. The monoisotopic (exact) mass is 324 g/mol. The first-order valence-corrected chi connectivity index (χ1v) is 7.70. The minimum absolute atomic E-state index is 0.321. The van der Waals surface area contributed by atoms with Gasteiger partial charge in [0, 0.05) is 22.5 Å². The summed E-state index contributed by atoms with van der Waals surface area (Å²) in [6.45, 7) is 8.03. The molecule has 0 radical (unpaired) electrons. The largest absolute Gasteiger partial charge is 0.424 e. The molecule has 0 saturated carbocycles. The number of aromatic nitrogens is 2. The third-order valence-electron chi connectivity index (χ3n) is 3.32. The predicted molar refractivity (Wildman–Crippen MR) is 86.7 cm³/mol. The topological polar surface area (TPSA) is 35.0 Å². The number of rotatable bonds is 4. The fourth-order valence-electron chi connectivity index (χ4n) is 1.97. The summed E-state index contributed by atoms with van der Waals surface area (Å²) in [4.78, 5) is 8.52. The molecule has 0 amide bonds. The van der Waals surface area contributed by atoms with Gasteiger partial charge in [0.2, 0.25) is 0 Å². The van der Waals surface area contributed by atoms with E-state index < -0.39 is 0 Å². The van der Waals surface area contributed by atoms with E-state index in [2.05, 4.69) is 23.8 Å². The highest BCUT2D eigenvalue weighted by Gasteiger charge is 2.12. The highest BCUT2D eigenvalue weighted by atomic mass is 35.5. The summed E-state index contributed by atoms with van der Waals surface area (Å²) >= 11 is 12.1. The van der Waals surface area contributed by atoms with Gasteiger partial charge in [-0.25, -0.2) is 4.98 Å². The number of halogens is 2. The van der Waals surface area contributed by atoms with Gasteiger partial charge in [-0.2, -0.15) is 4.98 Å². The highest BCUT2D eigenvalue weighted by Crippen LogP contribution is 2.33. The minimum atomic E-state index is 0.321. The maximum Gasteiger partial charge on any atom is 0.322 e. The molecule has 0 unspecified atom stereocenters. The Balaban J connectivity index is 2.35. The molecular formula is C16H18Cl2N2O. The fraction of sp³-hybridized carbons (Fsp3) is 0.375. The molecule has 2 aromatic rings. The van der Waals surface area contributed by atoms with E-state index in [4.69, 9.17) is 27.9 Å². The van der Waals surface area contributed by atoms with E-state index >= 15 is 0 Å². The Morgan fingerprint density at radius 3 is 2.52 bits per heavy atom. The average molecular weight is 325 g/mol. The van der Waals surface area contributed by atoms with Crippen LogP contribution in [0.15, 0.2) is 18.3 Å². The number of aryl methyl sites for hydroxylation is 2. The van der Waals surface area contributed by atoms with Crippen molar-refractivity contribution in [2.45, 2.75) is 39.5 Å². The SMILES string of the molecule is Cc1cc(Cl)c(C(C)C)cc1Oc1ncc(CCl)c(C)n1. The van der Waals surface area contributed by atoms with Gasteiger partial charge in [-0.3, -0.25) is 0 Å². The van der Waals surface area contributed by atoms with Crippen molar-refractivity contribution in [3.63, 3.8) is 0 Å². The van der Waals surface area contributed by atoms with E-state index in [9.17, 15) is 0 Å². The summed E-state index contributed by atoms with van der Waals surface area (Å²) in [6.07, 6.45) is 1.69. The Kier molecular flexibility index (Phi) is 5.07. The molecule has 0 bridgehead atoms. The minimum Gasteiger partial charge on any atom is -0.424 e. The molecular weight excluding hydrogens is 307 g/mol. The van der Waals surface area contributed by atoms with E-state index in [-0.39, 0.29) is 0 Å². The van der Waals surface area contributed by atoms with Crippen LogP contribution in [0.25, 0.3) is 0 Å². The van der Waals surface area contributed by atoms with Crippen molar-refractivity contribution in [3.8, 4) is 11.8 Å². The molecule has 0 aliphatic carbocycles. The summed E-state index contributed by atoms with van der Waals surface area (Å²) in [5, 5.41) is 0.754. The average Bonchev–Trinajstić information content (AvgIpc) is 2.41. The summed E-state index contributed by atoms with van der Waals surface area (Å²) in [7, 11) is 0. The predicted octanol–water partition coefficient (Wildman–Crippen LogP) is 5.40. The molecule has 0 aliphatic heterocycles. The highest BCUT2D eigenvalue weighted by molar-refractivity contribution is 6.31. The van der Waals surface area contributed by atoms with Crippen molar-refractivity contribution in [1.82, 2.24) is 9.97 Å². The first kappa shape index (κ1) is 16.1. The molecule has 112 valence electrons. The van der Waals surface area contributed by atoms with Gasteiger partial charge >= 0.3 is 6.01 Å². The van der Waals surface area contributed by atoms with Crippen LogP contribution in [0, 0.1) is 13.8 Å². The lowest BCUT2D eigenvalue weighted by atomic mass is 10.0. The summed E-state index contributed by atoms with van der Waals surface area (Å²) in [5.74, 6) is 1.44. The van der Waals surface area contributed by atoms with Crippen LogP contribution in [0.2, 0.25) is 5.02 Å². The van der Waals surface area contributed by atoms with Crippen molar-refractivity contribution in [3.05, 3.63) is 45.7 Å². The van der Waals surface area contributed by atoms with E-state index in [1.807, 2.05) is 26.0 Å². The van der Waals surface area contributed by atoms with Crippen LogP contribution in [0.3, 0.4) is 0 Å². The lowest BCUT2D eigenvalue weighted by Gasteiger charge is -2.14. The molecule has 3 nitrogen and oxygen atoms in total. The molecule has 1 aromatic carbocycles. The Morgan fingerprint density at radius 2 is 1.95 bits per heavy atom. The number of hydrogen-bond donors (Lipinski definition) is 0. The Morgan fingerprint density at radius 1 is 1.24 bits per heavy atom. The van der Waals surface area contributed by atoms with E-state index in [1.54, 1.807) is 6.20 Å². The molecule has 1 aromatic heterocycles. The van der Waals surface area contributed by atoms with Gasteiger partial charge in [0.1, 0.15) is 5.75 Å². The quantitative estimate of drug-likeness (QED) is 0.706. The number of alkyl halides is 1. The molecule has 0 atom stereocenters. The lowest BCUT2D eigenvalue weighted by Crippen LogP contribution is -1.99. The van der Waals surface area contributed by atoms with E-state index in [0.29, 0.717) is 17.8 Å². The smallest absolute Gasteiger partial charge is 0.322 e. The van der Waals surface area contributed by atoms with Crippen LogP contribution in [-0.4, -0.2) is 9.97 Å². The Hall–Kier alpha value is -1.32. The third kappa shape index (κ3) is 3.66. The van der Waals surface area contributed by atoms with Gasteiger partial charge in [0.15, 0.2) is 0 Å². The van der Waals surface area contributed by atoms with Crippen molar-refractivity contribution < 1.29 is 4.74 Å². The lowest BCUT2D eigenvalue weighted by molar-refractivity contribution is 0.436. The van der Waals surface area contributed by atoms with Crippen molar-refractivity contribution >= 4 is 23.2 Å². The van der Waals surface area contributed by atoms with Gasteiger partial charge in [-0.15, -0.1) is 11.6 Å². The number of benzene rings is 1. The number of hydrogen-bond acceptors (Lipinski definition) is 3. The zero-order valence-electron chi connectivity index (χ0n) is 12.6. The maximum atomic E-state index is 6.26. The van der Waals surface area contributed by atoms with Crippen LogP contribution in [0.5, 0.6) is 11.8 Å². The molecule has 0 saturated heterocycles. The van der Waals surface area contributed by atoms with Crippen LogP contribution in [0.1, 0.15) is 42.1 Å². The molecule has 0 fully saturated rings. The molecule has 0 N–H and O–H groups in total. The zero-order valence-corrected chi connectivity index (χ0v) is 14.1. The standard InChI is InChI=1S/C16H18Cl2N2O/c1-9(2)13-6-15(10(3)5-14(13)18)21-16-19-8-12(7-17)11(4)20-16/h5-6,8-9H,7H2,1-4H3. The second kappa shape index (κ2) is 6.63. The second-order valence-electron chi connectivity index (χ2n) is 5.29. The molecule has 5 heteroatoms. The van der Waals surface area contributed by atoms with Crippen molar-refractivity contribution in [1.29, 1.82) is 0 Å². The second-order valence-corrected chi connectivity index (χ2v) is 5.97. The van der Waals surface area contributed by atoms with Gasteiger partial charge in [0.05, 0.1) is 5.88 Å². The van der Waals surface area contributed by atoms with Gasteiger partial charge < -0.3 is 4.74 Å². The van der Waals surface area contributed by atoms with Crippen LogP contribution in [-0.2, 0) is 5.88 Å². The molecule has 0 aliphatic rings. The van der Waals surface area contributed by atoms with Crippen LogP contribution < -0.4 is 4.74 Å². The summed E-state index contributed by atoms with van der Waals surface area (Å²) in [6, 6.07) is 4.18. The first-order valence-electron chi connectivity index (χ1n) is 6.78. The van der Waals surface area contributed by atoms with E-state index in [1.165, 1.54) is 0 Å².